The number of hydrogen-bond acceptors (Lipinski definition) is 4. The van der Waals surface area contributed by atoms with Gasteiger partial charge in [-0.15, -0.1) is 11.3 Å². The van der Waals surface area contributed by atoms with E-state index in [1.165, 1.54) is 25.1 Å². The van der Waals surface area contributed by atoms with Crippen LogP contribution in [0.4, 0.5) is 0 Å². The summed E-state index contributed by atoms with van der Waals surface area (Å²) >= 11 is 1.60. The van der Waals surface area contributed by atoms with E-state index in [2.05, 4.69) is 15.3 Å². The number of thiazole rings is 1. The second-order valence-electron chi connectivity index (χ2n) is 6.64. The van der Waals surface area contributed by atoms with Crippen molar-refractivity contribution in [1.82, 2.24) is 15.3 Å². The number of nitrogens with zero attached hydrogens (tertiary/aromatic N) is 1. The minimum atomic E-state index is -0.455. The van der Waals surface area contributed by atoms with E-state index < -0.39 is 5.54 Å². The molecular weight excluding hydrogens is 322 g/mol. The second-order valence-corrected chi connectivity index (χ2v) is 7.50. The number of hydrogen-bond donors (Lipinski definition) is 2. The molecule has 2 aromatic heterocycles. The zero-order valence-electron chi connectivity index (χ0n) is 14.1. The van der Waals surface area contributed by atoms with Crippen LogP contribution in [-0.2, 0) is 5.54 Å². The smallest absolute Gasteiger partial charge is 0.257 e. The number of aryl methyl sites for hydroxylation is 2. The van der Waals surface area contributed by atoms with Gasteiger partial charge in [0.1, 0.15) is 10.6 Å². The molecule has 0 aliphatic heterocycles. The van der Waals surface area contributed by atoms with Gasteiger partial charge in [-0.05, 0) is 26.7 Å². The first-order chi connectivity index (χ1) is 11.5. The summed E-state index contributed by atoms with van der Waals surface area (Å²) in [5.74, 6) is -0.314. The molecule has 128 valence electrons. The van der Waals surface area contributed by atoms with E-state index in [0.717, 1.165) is 42.1 Å². The van der Waals surface area contributed by atoms with Crippen molar-refractivity contribution >= 4 is 17.2 Å². The molecule has 5 nitrogen and oxygen atoms in total. The molecule has 2 N–H and O–H groups in total. The minimum absolute atomic E-state index is 0.164. The molecule has 0 unspecified atom stereocenters. The largest absolute Gasteiger partial charge is 0.364 e. The van der Waals surface area contributed by atoms with Crippen LogP contribution in [0.5, 0.6) is 0 Å². The number of amides is 1. The van der Waals surface area contributed by atoms with Gasteiger partial charge in [-0.3, -0.25) is 9.59 Å². The molecule has 1 fully saturated rings. The van der Waals surface area contributed by atoms with Crippen molar-refractivity contribution in [1.29, 1.82) is 0 Å². The Morgan fingerprint density at radius 1 is 1.25 bits per heavy atom. The van der Waals surface area contributed by atoms with E-state index in [9.17, 15) is 9.59 Å². The molecule has 3 rings (SSSR count). The van der Waals surface area contributed by atoms with Crippen LogP contribution in [0.2, 0.25) is 0 Å². The van der Waals surface area contributed by atoms with Crippen molar-refractivity contribution in [2.75, 3.05) is 0 Å². The van der Waals surface area contributed by atoms with Gasteiger partial charge in [0.05, 0.1) is 5.54 Å². The Balaban J connectivity index is 1.94. The van der Waals surface area contributed by atoms with Gasteiger partial charge < -0.3 is 10.3 Å². The summed E-state index contributed by atoms with van der Waals surface area (Å²) in [4.78, 5) is 32.5. The molecule has 0 saturated heterocycles. The summed E-state index contributed by atoms with van der Waals surface area (Å²) in [6.07, 6.45) is 7.71. The van der Waals surface area contributed by atoms with Gasteiger partial charge in [-0.2, -0.15) is 0 Å². The van der Waals surface area contributed by atoms with Crippen LogP contribution in [0.25, 0.3) is 0 Å². The zero-order chi connectivity index (χ0) is 17.2. The zero-order valence-corrected chi connectivity index (χ0v) is 15.0. The fourth-order valence-corrected chi connectivity index (χ4v) is 4.35. The average Bonchev–Trinajstić information content (AvgIpc) is 2.83. The molecule has 0 spiro atoms. The molecule has 1 aliphatic rings. The van der Waals surface area contributed by atoms with Crippen LogP contribution >= 0.6 is 11.3 Å². The van der Waals surface area contributed by atoms with Crippen LogP contribution in [0.1, 0.15) is 65.3 Å². The van der Waals surface area contributed by atoms with Crippen LogP contribution < -0.4 is 10.7 Å². The maximum atomic E-state index is 12.8. The Labute approximate surface area is 145 Å². The molecule has 24 heavy (non-hydrogen) atoms. The molecule has 0 bridgehead atoms. The van der Waals surface area contributed by atoms with E-state index in [0.29, 0.717) is 0 Å². The first kappa shape index (κ1) is 16.9. The highest BCUT2D eigenvalue weighted by atomic mass is 32.1. The normalized spacial score (nSPS) is 17.2. The molecule has 2 heterocycles. The highest BCUT2D eigenvalue weighted by Crippen LogP contribution is 2.37. The van der Waals surface area contributed by atoms with Gasteiger partial charge in [0.2, 0.25) is 0 Å². The topological polar surface area (TPSA) is 74.8 Å². The fourth-order valence-electron chi connectivity index (χ4n) is 3.33. The van der Waals surface area contributed by atoms with Crippen molar-refractivity contribution in [3.05, 3.63) is 49.8 Å². The van der Waals surface area contributed by atoms with Crippen molar-refractivity contribution in [2.24, 2.45) is 0 Å². The molecule has 1 saturated carbocycles. The molecule has 0 atom stereocenters. The highest BCUT2D eigenvalue weighted by molar-refractivity contribution is 7.09. The lowest BCUT2D eigenvalue weighted by Crippen LogP contribution is -2.46. The maximum absolute atomic E-state index is 12.8. The number of carbonyl (C=O) groups is 1. The highest BCUT2D eigenvalue weighted by Gasteiger charge is 2.37. The summed E-state index contributed by atoms with van der Waals surface area (Å²) in [6.45, 7) is 3.77. The number of aromatic nitrogens is 2. The van der Waals surface area contributed by atoms with Crippen molar-refractivity contribution in [2.45, 2.75) is 57.9 Å². The lowest BCUT2D eigenvalue weighted by atomic mass is 9.90. The predicted molar refractivity (Wildman–Crippen MR) is 95.5 cm³/mol. The number of H-pyrrole nitrogens is 1. The van der Waals surface area contributed by atoms with E-state index >= 15 is 0 Å². The van der Waals surface area contributed by atoms with Gasteiger partial charge in [0.25, 0.3) is 5.91 Å². The molecule has 0 aromatic carbocycles. The fraction of sp³-hybridized carbons (Fsp3) is 0.500. The van der Waals surface area contributed by atoms with Crippen molar-refractivity contribution in [3.63, 3.8) is 0 Å². The quantitative estimate of drug-likeness (QED) is 0.837. The first-order valence-corrected chi connectivity index (χ1v) is 9.33. The predicted octanol–water partition coefficient (Wildman–Crippen LogP) is 3.43. The van der Waals surface area contributed by atoms with Crippen LogP contribution in [-0.4, -0.2) is 15.9 Å². The summed E-state index contributed by atoms with van der Waals surface area (Å²) in [5.41, 5.74) is 1.18. The Morgan fingerprint density at radius 2 is 1.96 bits per heavy atom. The molecule has 1 aliphatic carbocycles. The van der Waals surface area contributed by atoms with Crippen molar-refractivity contribution < 1.29 is 4.79 Å². The van der Waals surface area contributed by atoms with Crippen LogP contribution in [0.3, 0.4) is 0 Å². The third-order valence-corrected chi connectivity index (χ3v) is 5.80. The van der Waals surface area contributed by atoms with Gasteiger partial charge in [-0.1, -0.05) is 25.7 Å². The third-order valence-electron chi connectivity index (χ3n) is 4.64. The Hall–Kier alpha value is -1.95. The SMILES string of the molecule is Cc1csc(C2(NC(=O)c3c[nH]c(C)cc3=O)CCCCCC2)n1. The number of carbonyl (C=O) groups excluding carboxylic acids is 1. The third kappa shape index (κ3) is 3.43. The Bertz CT molecular complexity index is 786. The summed E-state index contributed by atoms with van der Waals surface area (Å²) < 4.78 is 0. The first-order valence-electron chi connectivity index (χ1n) is 8.45. The standard InChI is InChI=1S/C18H23N3O2S/c1-12-9-15(22)14(10-19-12)16(23)21-18(7-5-3-4-6-8-18)17-20-13(2)11-24-17/h9-11H,3-8H2,1-2H3,(H,19,22)(H,21,23). The van der Waals surface area contributed by atoms with E-state index in [4.69, 9.17) is 0 Å². The van der Waals surface area contributed by atoms with Gasteiger partial charge in [-0.25, -0.2) is 4.98 Å². The number of rotatable bonds is 3. The number of aromatic amines is 1. The number of nitrogens with one attached hydrogen (secondary N) is 2. The number of pyridine rings is 1. The maximum Gasteiger partial charge on any atom is 0.257 e. The van der Waals surface area contributed by atoms with Crippen LogP contribution in [0, 0.1) is 13.8 Å². The van der Waals surface area contributed by atoms with E-state index in [-0.39, 0.29) is 16.9 Å². The molecule has 6 heteroatoms. The van der Waals surface area contributed by atoms with Crippen LogP contribution in [0.15, 0.2) is 22.4 Å². The van der Waals surface area contributed by atoms with E-state index in [1.807, 2.05) is 12.3 Å². The molecule has 1 amide bonds. The molecule has 0 radical (unpaired) electrons. The summed E-state index contributed by atoms with van der Waals surface area (Å²) in [6, 6.07) is 1.46. The van der Waals surface area contributed by atoms with Crippen molar-refractivity contribution in [3.8, 4) is 0 Å². The molecule has 2 aromatic rings. The molecular formula is C18H23N3O2S. The summed E-state index contributed by atoms with van der Waals surface area (Å²) in [7, 11) is 0. The lowest BCUT2D eigenvalue weighted by molar-refractivity contribution is 0.0883. The van der Waals surface area contributed by atoms with Gasteiger partial charge in [0.15, 0.2) is 5.43 Å². The van der Waals surface area contributed by atoms with Gasteiger partial charge in [0, 0.05) is 29.0 Å². The lowest BCUT2D eigenvalue weighted by Gasteiger charge is -2.32. The minimum Gasteiger partial charge on any atom is -0.364 e. The Morgan fingerprint density at radius 3 is 2.54 bits per heavy atom. The van der Waals surface area contributed by atoms with E-state index in [1.54, 1.807) is 18.3 Å². The second kappa shape index (κ2) is 6.89. The summed E-state index contributed by atoms with van der Waals surface area (Å²) in [5, 5.41) is 6.15. The monoisotopic (exact) mass is 345 g/mol. The van der Waals surface area contributed by atoms with Gasteiger partial charge >= 0.3 is 0 Å². The average molecular weight is 345 g/mol. The Kier molecular flexibility index (Phi) is 4.85.